The lowest BCUT2D eigenvalue weighted by atomic mass is 10.0. The fourth-order valence-corrected chi connectivity index (χ4v) is 9.84. The van der Waals surface area contributed by atoms with E-state index < -0.39 is 20.0 Å². The molecular formula is C58H118N2O6P+. The molecule has 1 amide bonds. The summed E-state index contributed by atoms with van der Waals surface area (Å²) in [6, 6.07) is -0.841. The Morgan fingerprint density at radius 1 is 0.493 bits per heavy atom. The molecule has 400 valence electrons. The van der Waals surface area contributed by atoms with Gasteiger partial charge in [0.2, 0.25) is 5.91 Å². The molecule has 0 bridgehead atoms. The second-order valence-corrected chi connectivity index (χ2v) is 23.2. The molecule has 9 heteroatoms. The van der Waals surface area contributed by atoms with Crippen molar-refractivity contribution in [2.45, 2.75) is 315 Å². The van der Waals surface area contributed by atoms with Crippen molar-refractivity contribution in [3.8, 4) is 0 Å². The molecule has 0 radical (unpaired) electrons. The molecule has 3 N–H and O–H groups in total. The van der Waals surface area contributed by atoms with Gasteiger partial charge >= 0.3 is 7.82 Å². The van der Waals surface area contributed by atoms with Gasteiger partial charge in [0, 0.05) is 6.42 Å². The van der Waals surface area contributed by atoms with Gasteiger partial charge in [-0.05, 0) is 19.3 Å². The van der Waals surface area contributed by atoms with E-state index in [-0.39, 0.29) is 19.1 Å². The predicted molar refractivity (Wildman–Crippen MR) is 291 cm³/mol. The van der Waals surface area contributed by atoms with Crippen molar-refractivity contribution >= 4 is 13.7 Å². The van der Waals surface area contributed by atoms with Gasteiger partial charge < -0.3 is 19.8 Å². The minimum absolute atomic E-state index is 0.0651. The number of phosphoric ester groups is 1. The summed E-state index contributed by atoms with van der Waals surface area (Å²) < 4.78 is 23.7. The molecule has 0 aliphatic heterocycles. The average Bonchev–Trinajstić information content (AvgIpc) is 3.29. The number of aliphatic hydroxyl groups excluding tert-OH is 1. The van der Waals surface area contributed by atoms with Crippen LogP contribution in [-0.4, -0.2) is 73.4 Å². The minimum atomic E-state index is -4.34. The number of rotatable bonds is 55. The molecule has 0 aromatic rings. The zero-order chi connectivity index (χ0) is 49.2. The number of phosphoric acid groups is 1. The van der Waals surface area contributed by atoms with Crippen LogP contribution in [0.4, 0.5) is 0 Å². The monoisotopic (exact) mass is 970 g/mol. The highest BCUT2D eigenvalue weighted by atomic mass is 31.2. The third-order valence-electron chi connectivity index (χ3n) is 13.8. The minimum Gasteiger partial charge on any atom is -0.387 e. The second-order valence-electron chi connectivity index (χ2n) is 21.7. The summed E-state index contributed by atoms with van der Waals surface area (Å²) >= 11 is 0. The largest absolute Gasteiger partial charge is 0.472 e. The quantitative estimate of drug-likeness (QED) is 0.0243. The van der Waals surface area contributed by atoms with Gasteiger partial charge in [-0.15, -0.1) is 0 Å². The first-order valence-corrected chi connectivity index (χ1v) is 31.1. The highest BCUT2D eigenvalue weighted by Gasteiger charge is 2.27. The van der Waals surface area contributed by atoms with Crippen LogP contribution < -0.4 is 5.32 Å². The van der Waals surface area contributed by atoms with Gasteiger partial charge in [0.05, 0.1) is 39.9 Å². The normalized spacial score (nSPS) is 14.0. The summed E-state index contributed by atoms with van der Waals surface area (Å²) in [5, 5.41) is 13.9. The number of amides is 1. The molecular weight excluding hydrogens is 852 g/mol. The third-order valence-corrected chi connectivity index (χ3v) is 14.7. The van der Waals surface area contributed by atoms with Gasteiger partial charge in [-0.1, -0.05) is 289 Å². The Labute approximate surface area is 418 Å². The van der Waals surface area contributed by atoms with Crippen LogP contribution >= 0.6 is 7.82 Å². The Hall–Kier alpha value is -0.760. The van der Waals surface area contributed by atoms with Crippen LogP contribution in [0.25, 0.3) is 0 Å². The Balaban J connectivity index is 4.06. The van der Waals surface area contributed by atoms with Gasteiger partial charge in [0.15, 0.2) is 0 Å². The number of nitrogens with zero attached hydrogens (tertiary/aromatic N) is 1. The third kappa shape index (κ3) is 52.9. The lowest BCUT2D eigenvalue weighted by Gasteiger charge is -2.25. The molecule has 0 spiro atoms. The summed E-state index contributed by atoms with van der Waals surface area (Å²) in [7, 11) is 1.59. The summed E-state index contributed by atoms with van der Waals surface area (Å²) in [6.45, 7) is 4.86. The maximum atomic E-state index is 13.0. The zero-order valence-corrected chi connectivity index (χ0v) is 46.6. The van der Waals surface area contributed by atoms with Gasteiger partial charge in [0.1, 0.15) is 13.2 Å². The number of hydrogen-bond donors (Lipinski definition) is 3. The average molecular weight is 971 g/mol. The van der Waals surface area contributed by atoms with E-state index in [1.54, 1.807) is 6.08 Å². The topological polar surface area (TPSA) is 105 Å². The van der Waals surface area contributed by atoms with E-state index in [1.807, 2.05) is 27.2 Å². The van der Waals surface area contributed by atoms with Crippen molar-refractivity contribution < 1.29 is 32.9 Å². The van der Waals surface area contributed by atoms with Crippen LogP contribution in [-0.2, 0) is 18.4 Å². The van der Waals surface area contributed by atoms with E-state index >= 15 is 0 Å². The van der Waals surface area contributed by atoms with E-state index in [1.165, 1.54) is 250 Å². The van der Waals surface area contributed by atoms with Crippen molar-refractivity contribution in [1.82, 2.24) is 5.32 Å². The molecule has 0 saturated heterocycles. The van der Waals surface area contributed by atoms with Gasteiger partial charge in [0.25, 0.3) is 0 Å². The Bertz CT molecular complexity index is 1100. The first kappa shape index (κ1) is 66.2. The second kappa shape index (κ2) is 50.2. The fraction of sp³-hybridized carbons (Fsp3) is 0.948. The first-order chi connectivity index (χ1) is 32.5. The summed E-state index contributed by atoms with van der Waals surface area (Å²) in [5.41, 5.74) is 0. The number of nitrogens with one attached hydrogen (secondary N) is 1. The fourth-order valence-electron chi connectivity index (χ4n) is 9.10. The van der Waals surface area contributed by atoms with E-state index in [0.29, 0.717) is 17.4 Å². The molecule has 0 fully saturated rings. The molecule has 0 rings (SSSR count). The molecule has 0 aromatic carbocycles. The maximum absolute atomic E-state index is 13.0. The maximum Gasteiger partial charge on any atom is 0.472 e. The summed E-state index contributed by atoms with van der Waals surface area (Å²) in [4.78, 5) is 23.3. The Morgan fingerprint density at radius 3 is 1.10 bits per heavy atom. The Morgan fingerprint density at radius 2 is 0.791 bits per heavy atom. The molecule has 0 heterocycles. The summed E-state index contributed by atoms with van der Waals surface area (Å²) in [6.07, 6.45) is 61.8. The lowest BCUT2D eigenvalue weighted by molar-refractivity contribution is -0.870. The standard InChI is InChI=1S/C58H117N2O6P/c1-6-8-10-12-14-16-18-20-22-24-25-26-27-28-29-30-31-32-33-34-35-36-38-40-42-44-46-48-50-52-58(62)59-56(55-66-67(63,64)65-54-53-60(3,4)5)57(61)51-49-47-45-43-41-39-37-23-21-19-17-15-13-11-9-7-2/h49,51,56-57,61H,6-48,50,52-55H2,1-5H3,(H-,59,62,63,64)/p+1/b51-49+. The molecule has 0 aliphatic rings. The van der Waals surface area contributed by atoms with Crippen molar-refractivity contribution in [2.75, 3.05) is 40.9 Å². The van der Waals surface area contributed by atoms with Gasteiger partial charge in [-0.25, -0.2) is 4.57 Å². The van der Waals surface area contributed by atoms with Crippen LogP contribution in [0.3, 0.4) is 0 Å². The number of unbranched alkanes of at least 4 members (excludes halogenated alkanes) is 42. The zero-order valence-electron chi connectivity index (χ0n) is 45.7. The van der Waals surface area contributed by atoms with Crippen LogP contribution in [0.15, 0.2) is 12.2 Å². The SMILES string of the molecule is CCCCCCCCCCCCCCCC/C=C/C(O)C(COP(=O)(O)OCC[N+](C)(C)C)NC(=O)CCCCCCCCCCCCCCCCCCCCCCCCCCCCCCC. The number of aliphatic hydroxyl groups is 1. The van der Waals surface area contributed by atoms with E-state index in [4.69, 9.17) is 9.05 Å². The van der Waals surface area contributed by atoms with Crippen molar-refractivity contribution in [3.05, 3.63) is 12.2 Å². The highest BCUT2D eigenvalue weighted by molar-refractivity contribution is 7.47. The van der Waals surface area contributed by atoms with Gasteiger partial charge in [-0.3, -0.25) is 13.8 Å². The number of allylic oxidation sites excluding steroid dienone is 1. The first-order valence-electron chi connectivity index (χ1n) is 29.6. The molecule has 3 unspecified atom stereocenters. The van der Waals surface area contributed by atoms with Crippen LogP contribution in [0.5, 0.6) is 0 Å². The van der Waals surface area contributed by atoms with Crippen LogP contribution in [0.2, 0.25) is 0 Å². The lowest BCUT2D eigenvalue weighted by Crippen LogP contribution is -2.45. The number of likely N-dealkylation sites (N-methyl/N-ethyl adjacent to an activating group) is 1. The van der Waals surface area contributed by atoms with Gasteiger partial charge in [-0.2, -0.15) is 0 Å². The molecule has 8 nitrogen and oxygen atoms in total. The van der Waals surface area contributed by atoms with Crippen molar-refractivity contribution in [1.29, 1.82) is 0 Å². The number of carbonyl (C=O) groups excluding carboxylic acids is 1. The molecule has 0 saturated carbocycles. The van der Waals surface area contributed by atoms with Crippen LogP contribution in [0.1, 0.15) is 303 Å². The number of carbonyl (C=O) groups is 1. The Kier molecular flexibility index (Phi) is 49.6. The van der Waals surface area contributed by atoms with Crippen molar-refractivity contribution in [3.63, 3.8) is 0 Å². The molecule has 0 aromatic heterocycles. The molecule has 3 atom stereocenters. The van der Waals surface area contributed by atoms with E-state index in [2.05, 4.69) is 19.2 Å². The summed E-state index contributed by atoms with van der Waals surface area (Å²) in [5.74, 6) is -0.170. The van der Waals surface area contributed by atoms with Crippen molar-refractivity contribution in [2.24, 2.45) is 0 Å². The van der Waals surface area contributed by atoms with E-state index in [9.17, 15) is 19.4 Å². The highest BCUT2D eigenvalue weighted by Crippen LogP contribution is 2.43. The predicted octanol–water partition coefficient (Wildman–Crippen LogP) is 17.8. The molecule has 67 heavy (non-hydrogen) atoms. The smallest absolute Gasteiger partial charge is 0.387 e. The van der Waals surface area contributed by atoms with E-state index in [0.717, 1.165) is 32.1 Å². The molecule has 0 aliphatic carbocycles. The van der Waals surface area contributed by atoms with Crippen LogP contribution in [0, 0.1) is 0 Å². The number of hydrogen-bond acceptors (Lipinski definition) is 5. The number of quaternary nitrogens is 1.